The third kappa shape index (κ3) is 4.33. The molecule has 1 aromatic carbocycles. The highest BCUT2D eigenvalue weighted by Crippen LogP contribution is 2.34. The number of hydrogen-bond donors (Lipinski definition) is 2. The van der Waals surface area contributed by atoms with Crippen molar-refractivity contribution >= 4 is 35.6 Å². The summed E-state index contributed by atoms with van der Waals surface area (Å²) in [5, 5.41) is 6.97. The lowest BCUT2D eigenvalue weighted by atomic mass is 9.96. The lowest BCUT2D eigenvalue weighted by molar-refractivity contribution is 0.0992. The zero-order valence-corrected chi connectivity index (χ0v) is 17.3. The van der Waals surface area contributed by atoms with E-state index in [1.54, 1.807) is 0 Å². The molecule has 5 nitrogen and oxygen atoms in total. The zero-order valence-electron chi connectivity index (χ0n) is 15.0. The van der Waals surface area contributed by atoms with E-state index in [0.717, 1.165) is 18.9 Å². The minimum atomic E-state index is 0. The Morgan fingerprint density at radius 1 is 1.33 bits per heavy atom. The number of halogens is 1. The Balaban J connectivity index is 0.00000208. The van der Waals surface area contributed by atoms with Crippen LogP contribution in [0.4, 0.5) is 5.69 Å². The molecule has 134 valence electrons. The molecule has 0 radical (unpaired) electrons. The fourth-order valence-corrected chi connectivity index (χ4v) is 3.58. The summed E-state index contributed by atoms with van der Waals surface area (Å²) in [4.78, 5) is 6.52. The predicted molar refractivity (Wildman–Crippen MR) is 111 cm³/mol. The number of hydrogen-bond acceptors (Lipinski definition) is 3. The maximum atomic E-state index is 5.90. The topological polar surface area (TPSA) is 48.9 Å². The molecule has 0 aromatic heterocycles. The second kappa shape index (κ2) is 8.38. The first-order chi connectivity index (χ1) is 11.1. The Kier molecular flexibility index (Phi) is 6.74. The van der Waals surface area contributed by atoms with Crippen molar-refractivity contribution in [2.45, 2.75) is 51.0 Å². The van der Waals surface area contributed by atoms with Gasteiger partial charge in [0, 0.05) is 33.4 Å². The van der Waals surface area contributed by atoms with E-state index in [1.807, 2.05) is 7.05 Å². The first-order valence-corrected chi connectivity index (χ1v) is 8.46. The van der Waals surface area contributed by atoms with Gasteiger partial charge in [0.25, 0.3) is 0 Å². The van der Waals surface area contributed by atoms with Gasteiger partial charge >= 0.3 is 0 Å². The van der Waals surface area contributed by atoms with Crippen LogP contribution in [0.2, 0.25) is 0 Å². The number of anilines is 1. The highest BCUT2D eigenvalue weighted by Gasteiger charge is 2.41. The summed E-state index contributed by atoms with van der Waals surface area (Å²) in [6.45, 7) is 2.88. The molecule has 3 unspecified atom stereocenters. The van der Waals surface area contributed by atoms with Gasteiger partial charge in [0.1, 0.15) is 0 Å². The summed E-state index contributed by atoms with van der Waals surface area (Å²) in [6, 6.07) is 6.96. The van der Waals surface area contributed by atoms with Crippen LogP contribution in [-0.2, 0) is 11.3 Å². The van der Waals surface area contributed by atoms with Crippen LogP contribution in [0.3, 0.4) is 0 Å². The molecule has 2 aliphatic rings. The smallest absolute Gasteiger partial charge is 0.191 e. The van der Waals surface area contributed by atoms with Gasteiger partial charge in [-0.05, 0) is 43.4 Å². The van der Waals surface area contributed by atoms with Gasteiger partial charge in [0.2, 0.25) is 0 Å². The van der Waals surface area contributed by atoms with Gasteiger partial charge in [0.05, 0.1) is 18.2 Å². The number of nitrogens with zero attached hydrogens (tertiary/aromatic N) is 2. The van der Waals surface area contributed by atoms with Crippen LogP contribution in [-0.4, -0.2) is 45.4 Å². The molecular weight excluding hydrogens is 415 g/mol. The maximum absolute atomic E-state index is 5.90. The average molecular weight is 444 g/mol. The van der Waals surface area contributed by atoms with Crippen LogP contribution in [0.15, 0.2) is 23.2 Å². The number of aryl methyl sites for hydroxylation is 1. The molecule has 3 atom stereocenters. The van der Waals surface area contributed by atoms with Gasteiger partial charge in [-0.25, -0.2) is 0 Å². The molecular formula is C18H29IN4O. The van der Waals surface area contributed by atoms with E-state index < -0.39 is 0 Å². The molecule has 3 rings (SSSR count). The van der Waals surface area contributed by atoms with Crippen LogP contribution in [0.25, 0.3) is 0 Å². The maximum Gasteiger partial charge on any atom is 0.191 e. The van der Waals surface area contributed by atoms with Crippen molar-refractivity contribution < 1.29 is 4.74 Å². The molecule has 2 heterocycles. The monoisotopic (exact) mass is 444 g/mol. The lowest BCUT2D eigenvalue weighted by Crippen LogP contribution is -2.47. The molecule has 2 N–H and O–H groups in total. The van der Waals surface area contributed by atoms with Gasteiger partial charge in [-0.1, -0.05) is 12.1 Å². The van der Waals surface area contributed by atoms with E-state index in [0.29, 0.717) is 18.2 Å². The third-order valence-electron chi connectivity index (χ3n) is 4.82. The number of nitrogens with one attached hydrogen (secondary N) is 2. The zero-order chi connectivity index (χ0) is 16.4. The van der Waals surface area contributed by atoms with E-state index in [-0.39, 0.29) is 24.0 Å². The van der Waals surface area contributed by atoms with Gasteiger partial charge in [-0.15, -0.1) is 24.0 Å². The van der Waals surface area contributed by atoms with Crippen molar-refractivity contribution in [3.8, 4) is 0 Å². The van der Waals surface area contributed by atoms with E-state index in [1.165, 1.54) is 29.7 Å². The van der Waals surface area contributed by atoms with Crippen LogP contribution in [0, 0.1) is 6.92 Å². The summed E-state index contributed by atoms with van der Waals surface area (Å²) in [7, 11) is 5.99. The van der Waals surface area contributed by atoms with E-state index in [2.05, 4.69) is 59.7 Å². The molecule has 0 aliphatic carbocycles. The Hall–Kier alpha value is -1.02. The molecule has 24 heavy (non-hydrogen) atoms. The Morgan fingerprint density at radius 3 is 2.71 bits per heavy atom. The molecule has 2 aliphatic heterocycles. The summed E-state index contributed by atoms with van der Waals surface area (Å²) in [5.74, 6) is 0.858. The highest BCUT2D eigenvalue weighted by atomic mass is 127. The first-order valence-electron chi connectivity index (χ1n) is 8.46. The molecule has 1 aromatic rings. The summed E-state index contributed by atoms with van der Waals surface area (Å²) in [5.41, 5.74) is 3.79. The predicted octanol–water partition coefficient (Wildman–Crippen LogP) is 2.66. The van der Waals surface area contributed by atoms with Crippen molar-refractivity contribution in [3.05, 3.63) is 29.3 Å². The van der Waals surface area contributed by atoms with E-state index >= 15 is 0 Å². The van der Waals surface area contributed by atoms with Gasteiger partial charge in [-0.2, -0.15) is 0 Å². The summed E-state index contributed by atoms with van der Waals surface area (Å²) in [6.07, 6.45) is 4.29. The molecule has 6 heteroatoms. The van der Waals surface area contributed by atoms with Crippen LogP contribution in [0.1, 0.15) is 30.4 Å². The van der Waals surface area contributed by atoms with Crippen molar-refractivity contribution in [1.82, 2.24) is 10.6 Å². The normalized spacial score (nSPS) is 25.3. The van der Waals surface area contributed by atoms with Crippen molar-refractivity contribution in [2.24, 2.45) is 4.99 Å². The molecule has 0 spiro atoms. The number of guanidine groups is 1. The fraction of sp³-hybridized carbons (Fsp3) is 0.611. The number of ether oxygens (including phenoxy) is 1. The third-order valence-corrected chi connectivity index (χ3v) is 4.82. The Morgan fingerprint density at radius 2 is 2.12 bits per heavy atom. The van der Waals surface area contributed by atoms with Crippen LogP contribution >= 0.6 is 24.0 Å². The van der Waals surface area contributed by atoms with E-state index in [4.69, 9.17) is 4.74 Å². The van der Waals surface area contributed by atoms with Crippen molar-refractivity contribution in [2.75, 3.05) is 26.0 Å². The van der Waals surface area contributed by atoms with Crippen LogP contribution in [0.5, 0.6) is 0 Å². The van der Waals surface area contributed by atoms with Crippen molar-refractivity contribution in [1.29, 1.82) is 0 Å². The Labute approximate surface area is 162 Å². The number of rotatable bonds is 4. The molecule has 0 amide bonds. The minimum absolute atomic E-state index is 0. The molecule has 2 fully saturated rings. The minimum Gasteiger partial charge on any atom is -0.377 e. The summed E-state index contributed by atoms with van der Waals surface area (Å²) < 4.78 is 5.90. The quantitative estimate of drug-likeness (QED) is 0.426. The molecule has 2 saturated heterocycles. The molecule has 2 bridgehead atoms. The number of benzene rings is 1. The first kappa shape index (κ1) is 19.3. The average Bonchev–Trinajstić information content (AvgIpc) is 3.14. The number of aliphatic imine (C=N–C) groups is 1. The van der Waals surface area contributed by atoms with Crippen molar-refractivity contribution in [3.63, 3.8) is 0 Å². The Bertz CT molecular complexity index is 590. The van der Waals surface area contributed by atoms with Gasteiger partial charge in [-0.3, -0.25) is 4.99 Å². The molecule has 0 saturated carbocycles. The van der Waals surface area contributed by atoms with Crippen LogP contribution < -0.4 is 15.5 Å². The standard InChI is InChI=1S/C18H28N4O.HI/c1-12-5-6-13(16(9-12)22(3)4)11-20-18(19-2)21-15-10-14-7-8-17(15)23-14;/h5-6,9,14-15,17H,7-8,10-11H2,1-4H3,(H2,19,20,21);1H. The van der Waals surface area contributed by atoms with E-state index in [9.17, 15) is 0 Å². The lowest BCUT2D eigenvalue weighted by Gasteiger charge is -2.24. The summed E-state index contributed by atoms with van der Waals surface area (Å²) >= 11 is 0. The van der Waals surface area contributed by atoms with Gasteiger partial charge in [0.15, 0.2) is 5.96 Å². The largest absolute Gasteiger partial charge is 0.377 e. The SMILES string of the molecule is CN=C(NCc1ccc(C)cc1N(C)C)NC1CC2CCC1O2.I. The second-order valence-electron chi connectivity index (χ2n) is 6.81. The second-order valence-corrected chi connectivity index (χ2v) is 6.81. The number of fused-ring (bicyclic) bond motifs is 2. The van der Waals surface area contributed by atoms with Gasteiger partial charge < -0.3 is 20.3 Å². The fourth-order valence-electron chi connectivity index (χ4n) is 3.58. The highest BCUT2D eigenvalue weighted by molar-refractivity contribution is 14.0.